The SMILES string of the molecule is C[C@H]1C(=O)N(CCCCN2CCC3(CC3)[C@H](O)C2)CCN1C(=O)Nc1ccc2ncccc2c1. The molecule has 1 spiro atoms. The van der Waals surface area contributed by atoms with Crippen molar-refractivity contribution in [3.05, 3.63) is 36.5 Å². The zero-order valence-electron chi connectivity index (χ0n) is 19.9. The van der Waals surface area contributed by atoms with Crippen LogP contribution in [-0.2, 0) is 4.79 Å². The minimum atomic E-state index is -0.483. The summed E-state index contributed by atoms with van der Waals surface area (Å²) in [6.07, 6.45) is 7.01. The van der Waals surface area contributed by atoms with Gasteiger partial charge in [0.1, 0.15) is 6.04 Å². The number of likely N-dealkylation sites (tertiary alicyclic amines) is 1. The van der Waals surface area contributed by atoms with E-state index in [9.17, 15) is 14.7 Å². The van der Waals surface area contributed by atoms with E-state index in [0.29, 0.717) is 18.8 Å². The van der Waals surface area contributed by atoms with Crippen molar-refractivity contribution in [1.29, 1.82) is 0 Å². The lowest BCUT2D eigenvalue weighted by molar-refractivity contribution is -0.139. The second kappa shape index (κ2) is 9.50. The molecule has 1 aliphatic carbocycles. The van der Waals surface area contributed by atoms with Gasteiger partial charge in [-0.15, -0.1) is 0 Å². The van der Waals surface area contributed by atoms with Crippen LogP contribution < -0.4 is 5.32 Å². The third kappa shape index (κ3) is 4.74. The van der Waals surface area contributed by atoms with Crippen LogP contribution in [0.3, 0.4) is 0 Å². The highest BCUT2D eigenvalue weighted by Gasteiger charge is 2.51. The Bertz CT molecular complexity index is 1060. The molecule has 2 aliphatic heterocycles. The number of piperidine rings is 1. The Morgan fingerprint density at radius 2 is 1.97 bits per heavy atom. The molecule has 3 aliphatic rings. The number of carbonyl (C=O) groups excluding carboxylic acids is 2. The number of fused-ring (bicyclic) bond motifs is 1. The molecule has 5 rings (SSSR count). The lowest BCUT2D eigenvalue weighted by atomic mass is 9.90. The number of carbonyl (C=O) groups is 2. The standard InChI is InChI=1S/C26H35N5O3/c1-19-24(33)30(13-3-2-12-29-14-10-26(8-9-26)23(32)18-29)15-16-31(19)25(34)28-21-6-7-22-20(17-21)5-4-11-27-22/h4-7,11,17,19,23,32H,2-3,8-10,12-16,18H2,1H3,(H,28,34)/t19-,23+/m0/s1. The van der Waals surface area contributed by atoms with Crippen molar-refractivity contribution in [2.75, 3.05) is 44.6 Å². The summed E-state index contributed by atoms with van der Waals surface area (Å²) in [6.45, 7) is 6.45. The van der Waals surface area contributed by atoms with E-state index in [1.54, 1.807) is 18.0 Å². The number of nitrogens with one attached hydrogen (secondary N) is 1. The first-order chi connectivity index (χ1) is 16.4. The summed E-state index contributed by atoms with van der Waals surface area (Å²) >= 11 is 0. The molecule has 0 unspecified atom stereocenters. The smallest absolute Gasteiger partial charge is 0.322 e. The minimum absolute atomic E-state index is 0.00758. The second-order valence-electron chi connectivity index (χ2n) is 10.2. The van der Waals surface area contributed by atoms with E-state index >= 15 is 0 Å². The van der Waals surface area contributed by atoms with Crippen molar-refractivity contribution in [3.8, 4) is 0 Å². The van der Waals surface area contributed by atoms with Crippen LogP contribution in [-0.4, -0.2) is 88.1 Å². The zero-order valence-corrected chi connectivity index (χ0v) is 19.9. The molecule has 2 saturated heterocycles. The van der Waals surface area contributed by atoms with Crippen molar-refractivity contribution < 1.29 is 14.7 Å². The Labute approximate surface area is 200 Å². The van der Waals surface area contributed by atoms with Gasteiger partial charge in [-0.25, -0.2) is 4.79 Å². The first kappa shape index (κ1) is 23.1. The number of rotatable bonds is 6. The fraction of sp³-hybridized carbons (Fsp3) is 0.577. The normalized spacial score (nSPS) is 24.6. The van der Waals surface area contributed by atoms with Gasteiger partial charge in [-0.2, -0.15) is 0 Å². The molecule has 2 atom stereocenters. The molecule has 1 saturated carbocycles. The van der Waals surface area contributed by atoms with E-state index in [1.807, 2.05) is 35.2 Å². The van der Waals surface area contributed by atoms with Crippen molar-refractivity contribution >= 4 is 28.5 Å². The van der Waals surface area contributed by atoms with E-state index in [4.69, 9.17) is 0 Å². The molecule has 0 bridgehead atoms. The first-order valence-corrected chi connectivity index (χ1v) is 12.6. The number of aliphatic hydroxyl groups excluding tert-OH is 1. The molecule has 182 valence electrons. The summed E-state index contributed by atoms with van der Waals surface area (Å²) in [7, 11) is 0. The van der Waals surface area contributed by atoms with Crippen molar-refractivity contribution in [2.45, 2.75) is 51.2 Å². The Balaban J connectivity index is 1.07. The lowest BCUT2D eigenvalue weighted by Crippen LogP contribution is -2.58. The number of anilines is 1. The van der Waals surface area contributed by atoms with Crippen LogP contribution in [0.25, 0.3) is 10.9 Å². The predicted molar refractivity (Wildman–Crippen MR) is 131 cm³/mol. The number of pyridine rings is 1. The summed E-state index contributed by atoms with van der Waals surface area (Å²) in [5, 5.41) is 14.3. The Hall–Kier alpha value is -2.71. The quantitative estimate of drug-likeness (QED) is 0.641. The molecule has 3 fully saturated rings. The number of aromatic nitrogens is 1. The maximum Gasteiger partial charge on any atom is 0.322 e. The lowest BCUT2D eigenvalue weighted by Gasteiger charge is -2.39. The van der Waals surface area contributed by atoms with Gasteiger partial charge in [0.25, 0.3) is 0 Å². The highest BCUT2D eigenvalue weighted by Crippen LogP contribution is 2.53. The average molecular weight is 466 g/mol. The van der Waals surface area contributed by atoms with Gasteiger partial charge >= 0.3 is 6.03 Å². The number of hydrogen-bond acceptors (Lipinski definition) is 5. The number of piperazine rings is 1. The van der Waals surface area contributed by atoms with Gasteiger partial charge in [-0.1, -0.05) is 6.07 Å². The van der Waals surface area contributed by atoms with Gasteiger partial charge in [0, 0.05) is 43.4 Å². The molecular weight excluding hydrogens is 430 g/mol. The number of β-amino-alcohol motifs (C(OH)–C–C–N with tert-alkyl or cyclic N) is 1. The van der Waals surface area contributed by atoms with Gasteiger partial charge in [0.2, 0.25) is 5.91 Å². The zero-order chi connectivity index (χ0) is 23.7. The Morgan fingerprint density at radius 3 is 2.76 bits per heavy atom. The van der Waals surface area contributed by atoms with Crippen LogP contribution in [0.15, 0.2) is 36.5 Å². The topological polar surface area (TPSA) is 89.0 Å². The molecule has 0 radical (unpaired) electrons. The largest absolute Gasteiger partial charge is 0.391 e. The fourth-order valence-electron chi connectivity index (χ4n) is 5.44. The van der Waals surface area contributed by atoms with E-state index in [-0.39, 0.29) is 23.5 Å². The van der Waals surface area contributed by atoms with Gasteiger partial charge in [-0.05, 0) is 81.8 Å². The molecule has 2 N–H and O–H groups in total. The van der Waals surface area contributed by atoms with Crippen molar-refractivity contribution in [2.24, 2.45) is 5.41 Å². The Morgan fingerprint density at radius 1 is 1.15 bits per heavy atom. The predicted octanol–water partition coefficient (Wildman–Crippen LogP) is 2.93. The van der Waals surface area contributed by atoms with Gasteiger partial charge in [0.15, 0.2) is 0 Å². The Kier molecular flexibility index (Phi) is 6.44. The molecule has 1 aromatic carbocycles. The van der Waals surface area contributed by atoms with Gasteiger partial charge < -0.3 is 25.1 Å². The number of unbranched alkanes of at least 4 members (excludes halogenated alkanes) is 1. The molecule has 1 aromatic heterocycles. The third-order valence-electron chi connectivity index (χ3n) is 7.97. The van der Waals surface area contributed by atoms with Crippen LogP contribution in [0.4, 0.5) is 10.5 Å². The monoisotopic (exact) mass is 465 g/mol. The number of nitrogens with zero attached hydrogens (tertiary/aromatic N) is 4. The van der Waals surface area contributed by atoms with E-state index < -0.39 is 6.04 Å². The molecule has 3 heterocycles. The van der Waals surface area contributed by atoms with Gasteiger partial charge in [0.05, 0.1) is 11.6 Å². The third-order valence-corrected chi connectivity index (χ3v) is 7.97. The number of amides is 3. The van der Waals surface area contributed by atoms with E-state index in [2.05, 4.69) is 15.2 Å². The van der Waals surface area contributed by atoms with Crippen LogP contribution >= 0.6 is 0 Å². The number of urea groups is 1. The van der Waals surface area contributed by atoms with Gasteiger partial charge in [-0.3, -0.25) is 9.78 Å². The number of aliphatic hydroxyl groups is 1. The molecule has 8 heteroatoms. The van der Waals surface area contributed by atoms with Crippen molar-refractivity contribution in [1.82, 2.24) is 19.7 Å². The van der Waals surface area contributed by atoms with Crippen LogP contribution in [0, 0.1) is 5.41 Å². The summed E-state index contributed by atoms with van der Waals surface area (Å²) in [6, 6.07) is 8.71. The number of benzene rings is 1. The summed E-state index contributed by atoms with van der Waals surface area (Å²) in [4.78, 5) is 36.0. The molecular formula is C26H35N5O3. The summed E-state index contributed by atoms with van der Waals surface area (Å²) < 4.78 is 0. The number of hydrogen-bond donors (Lipinski definition) is 2. The van der Waals surface area contributed by atoms with Crippen molar-refractivity contribution in [3.63, 3.8) is 0 Å². The molecule has 8 nitrogen and oxygen atoms in total. The van der Waals surface area contributed by atoms with Crippen LogP contribution in [0.1, 0.15) is 39.0 Å². The fourth-order valence-corrected chi connectivity index (χ4v) is 5.44. The highest BCUT2D eigenvalue weighted by molar-refractivity contribution is 5.96. The van der Waals surface area contributed by atoms with E-state index in [1.165, 1.54) is 12.8 Å². The summed E-state index contributed by atoms with van der Waals surface area (Å²) in [5.74, 6) is 0.00758. The highest BCUT2D eigenvalue weighted by atomic mass is 16.3. The van der Waals surface area contributed by atoms with Crippen LogP contribution in [0.2, 0.25) is 0 Å². The molecule has 2 aromatic rings. The maximum absolute atomic E-state index is 12.9. The first-order valence-electron chi connectivity index (χ1n) is 12.6. The minimum Gasteiger partial charge on any atom is -0.391 e. The molecule has 34 heavy (non-hydrogen) atoms. The van der Waals surface area contributed by atoms with E-state index in [0.717, 1.165) is 56.3 Å². The maximum atomic E-state index is 12.9. The molecule has 3 amide bonds. The second-order valence-corrected chi connectivity index (χ2v) is 10.2. The van der Waals surface area contributed by atoms with Crippen LogP contribution in [0.5, 0.6) is 0 Å². The summed E-state index contributed by atoms with van der Waals surface area (Å²) in [5.41, 5.74) is 1.82. The average Bonchev–Trinajstić information content (AvgIpc) is 3.62.